The van der Waals surface area contributed by atoms with Crippen LogP contribution in [0.1, 0.15) is 25.8 Å². The normalized spacial score (nSPS) is 12.1. The van der Waals surface area contributed by atoms with Crippen LogP contribution in [-0.4, -0.2) is 17.3 Å². The fraction of sp³-hybridized carbons (Fsp3) is 0.385. The van der Waals surface area contributed by atoms with E-state index in [1.54, 1.807) is 7.11 Å². The molecule has 0 fully saturated rings. The first-order valence-electron chi connectivity index (χ1n) is 5.85. The second-order valence-electron chi connectivity index (χ2n) is 4.46. The molecule has 0 bridgehead atoms. The third-order valence-corrected chi connectivity index (χ3v) is 2.77. The van der Waals surface area contributed by atoms with Crippen LogP contribution in [0.3, 0.4) is 0 Å². The SMILES string of the molecule is COc1cccc(-c2noc(C(N)C(C)C)n2)c1.Cl. The molecule has 0 saturated carbocycles. The highest BCUT2D eigenvalue weighted by Crippen LogP contribution is 2.24. The Morgan fingerprint density at radius 2 is 2.05 bits per heavy atom. The van der Waals surface area contributed by atoms with Crippen LogP contribution >= 0.6 is 12.4 Å². The highest BCUT2D eigenvalue weighted by molar-refractivity contribution is 5.85. The van der Waals surface area contributed by atoms with Gasteiger partial charge in [-0.3, -0.25) is 0 Å². The van der Waals surface area contributed by atoms with Crippen molar-refractivity contribution in [2.24, 2.45) is 11.7 Å². The molecule has 2 rings (SSSR count). The summed E-state index contributed by atoms with van der Waals surface area (Å²) in [5, 5.41) is 3.94. The van der Waals surface area contributed by atoms with E-state index < -0.39 is 0 Å². The molecule has 5 nitrogen and oxygen atoms in total. The smallest absolute Gasteiger partial charge is 0.244 e. The third-order valence-electron chi connectivity index (χ3n) is 2.77. The zero-order valence-corrected chi connectivity index (χ0v) is 12.0. The Balaban J connectivity index is 0.00000180. The van der Waals surface area contributed by atoms with E-state index in [2.05, 4.69) is 10.1 Å². The van der Waals surface area contributed by atoms with E-state index in [0.29, 0.717) is 11.7 Å². The summed E-state index contributed by atoms with van der Waals surface area (Å²) in [7, 11) is 1.62. The summed E-state index contributed by atoms with van der Waals surface area (Å²) in [6, 6.07) is 7.27. The summed E-state index contributed by atoms with van der Waals surface area (Å²) >= 11 is 0. The van der Waals surface area contributed by atoms with Crippen molar-refractivity contribution in [2.75, 3.05) is 7.11 Å². The number of nitrogens with zero attached hydrogens (tertiary/aromatic N) is 2. The predicted molar refractivity (Wildman–Crippen MR) is 75.3 cm³/mol. The first kappa shape index (κ1) is 15.5. The molecular formula is C13H18ClN3O2. The molecule has 1 unspecified atom stereocenters. The lowest BCUT2D eigenvalue weighted by molar-refractivity contribution is 0.325. The van der Waals surface area contributed by atoms with Gasteiger partial charge in [0.15, 0.2) is 0 Å². The number of halogens is 1. The van der Waals surface area contributed by atoms with Crippen molar-refractivity contribution in [1.29, 1.82) is 0 Å². The standard InChI is InChI=1S/C13H17N3O2.ClH/c1-8(2)11(14)13-15-12(16-18-13)9-5-4-6-10(7-9)17-3;/h4-8,11H,14H2,1-3H3;1H. The van der Waals surface area contributed by atoms with Gasteiger partial charge in [-0.15, -0.1) is 12.4 Å². The summed E-state index contributed by atoms with van der Waals surface area (Å²) in [5.74, 6) is 2.00. The number of benzene rings is 1. The molecule has 19 heavy (non-hydrogen) atoms. The van der Waals surface area contributed by atoms with Crippen LogP contribution in [0, 0.1) is 5.92 Å². The maximum absolute atomic E-state index is 5.96. The number of hydrogen-bond donors (Lipinski definition) is 1. The van der Waals surface area contributed by atoms with Gasteiger partial charge in [0.1, 0.15) is 5.75 Å². The summed E-state index contributed by atoms with van der Waals surface area (Å²) in [6.07, 6.45) is 0. The van der Waals surface area contributed by atoms with Crippen molar-refractivity contribution in [1.82, 2.24) is 10.1 Å². The van der Waals surface area contributed by atoms with E-state index in [9.17, 15) is 0 Å². The second-order valence-corrected chi connectivity index (χ2v) is 4.46. The topological polar surface area (TPSA) is 74.2 Å². The van der Waals surface area contributed by atoms with E-state index in [1.165, 1.54) is 0 Å². The van der Waals surface area contributed by atoms with Crippen molar-refractivity contribution in [3.05, 3.63) is 30.2 Å². The molecule has 6 heteroatoms. The van der Waals surface area contributed by atoms with Crippen LogP contribution in [0.25, 0.3) is 11.4 Å². The molecule has 0 amide bonds. The van der Waals surface area contributed by atoms with Gasteiger partial charge in [-0.25, -0.2) is 0 Å². The Morgan fingerprint density at radius 1 is 1.32 bits per heavy atom. The number of rotatable bonds is 4. The second kappa shape index (κ2) is 6.54. The molecule has 0 aliphatic rings. The first-order chi connectivity index (χ1) is 8.61. The Morgan fingerprint density at radius 3 is 2.68 bits per heavy atom. The van der Waals surface area contributed by atoms with Gasteiger partial charge in [-0.2, -0.15) is 4.98 Å². The molecule has 0 aliphatic heterocycles. The van der Waals surface area contributed by atoms with E-state index in [0.717, 1.165) is 11.3 Å². The number of aromatic nitrogens is 2. The molecule has 0 spiro atoms. The summed E-state index contributed by atoms with van der Waals surface area (Å²) in [5.41, 5.74) is 6.81. The molecule has 2 N–H and O–H groups in total. The molecule has 1 heterocycles. The lowest BCUT2D eigenvalue weighted by atomic mass is 10.1. The maximum atomic E-state index is 5.96. The fourth-order valence-electron chi connectivity index (χ4n) is 1.54. The Bertz CT molecular complexity index is 528. The number of nitrogens with two attached hydrogens (primary N) is 1. The van der Waals surface area contributed by atoms with Gasteiger partial charge >= 0.3 is 0 Å². The minimum atomic E-state index is -0.239. The largest absolute Gasteiger partial charge is 0.497 e. The van der Waals surface area contributed by atoms with Gasteiger partial charge in [0.05, 0.1) is 13.2 Å². The lowest BCUT2D eigenvalue weighted by Crippen LogP contribution is -2.16. The van der Waals surface area contributed by atoms with Gasteiger partial charge < -0.3 is 15.0 Å². The summed E-state index contributed by atoms with van der Waals surface area (Å²) in [6.45, 7) is 4.03. The molecule has 0 radical (unpaired) electrons. The maximum Gasteiger partial charge on any atom is 0.244 e. The molecule has 2 aromatic rings. The minimum absolute atomic E-state index is 0. The molecule has 0 aliphatic carbocycles. The third kappa shape index (κ3) is 3.45. The van der Waals surface area contributed by atoms with Crippen LogP contribution in [0.5, 0.6) is 5.75 Å². The van der Waals surface area contributed by atoms with Crippen molar-refractivity contribution >= 4 is 12.4 Å². The quantitative estimate of drug-likeness (QED) is 0.934. The summed E-state index contributed by atoms with van der Waals surface area (Å²) < 4.78 is 10.3. The van der Waals surface area contributed by atoms with E-state index >= 15 is 0 Å². The van der Waals surface area contributed by atoms with Gasteiger partial charge in [-0.05, 0) is 18.1 Å². The molecule has 0 saturated heterocycles. The first-order valence-corrected chi connectivity index (χ1v) is 5.85. The molecular weight excluding hydrogens is 266 g/mol. The Hall–Kier alpha value is -1.59. The molecule has 104 valence electrons. The van der Waals surface area contributed by atoms with Gasteiger partial charge in [0, 0.05) is 5.56 Å². The molecule has 1 aromatic carbocycles. The average molecular weight is 284 g/mol. The fourth-order valence-corrected chi connectivity index (χ4v) is 1.54. The van der Waals surface area contributed by atoms with E-state index in [-0.39, 0.29) is 24.4 Å². The number of hydrogen-bond acceptors (Lipinski definition) is 5. The Labute approximate surface area is 118 Å². The van der Waals surface area contributed by atoms with Crippen LogP contribution in [0.15, 0.2) is 28.8 Å². The van der Waals surface area contributed by atoms with Crippen molar-refractivity contribution in [2.45, 2.75) is 19.9 Å². The van der Waals surface area contributed by atoms with Crippen molar-refractivity contribution in [3.63, 3.8) is 0 Å². The minimum Gasteiger partial charge on any atom is -0.497 e. The lowest BCUT2D eigenvalue weighted by Gasteiger charge is -2.09. The van der Waals surface area contributed by atoms with Gasteiger partial charge in [-0.1, -0.05) is 31.1 Å². The van der Waals surface area contributed by atoms with Gasteiger partial charge in [0.25, 0.3) is 0 Å². The summed E-state index contributed by atoms with van der Waals surface area (Å²) in [4.78, 5) is 4.32. The highest BCUT2D eigenvalue weighted by atomic mass is 35.5. The number of ether oxygens (including phenoxy) is 1. The van der Waals surface area contributed by atoms with Crippen molar-refractivity contribution in [3.8, 4) is 17.1 Å². The van der Waals surface area contributed by atoms with Crippen LogP contribution in [-0.2, 0) is 0 Å². The zero-order valence-electron chi connectivity index (χ0n) is 11.2. The van der Waals surface area contributed by atoms with Crippen LogP contribution < -0.4 is 10.5 Å². The van der Waals surface area contributed by atoms with Crippen molar-refractivity contribution < 1.29 is 9.26 Å². The molecule has 1 aromatic heterocycles. The predicted octanol–water partition coefficient (Wildman–Crippen LogP) is 2.82. The zero-order chi connectivity index (χ0) is 13.1. The van der Waals surface area contributed by atoms with Crippen LogP contribution in [0.2, 0.25) is 0 Å². The average Bonchev–Trinajstić information content (AvgIpc) is 2.87. The highest BCUT2D eigenvalue weighted by Gasteiger charge is 2.18. The number of methoxy groups -OCH3 is 1. The van der Waals surface area contributed by atoms with Crippen LogP contribution in [0.4, 0.5) is 0 Å². The van der Waals surface area contributed by atoms with Gasteiger partial charge in [0.2, 0.25) is 11.7 Å². The van der Waals surface area contributed by atoms with E-state index in [4.69, 9.17) is 15.0 Å². The monoisotopic (exact) mass is 283 g/mol. The van der Waals surface area contributed by atoms with E-state index in [1.807, 2.05) is 38.1 Å². The Kier molecular flexibility index (Phi) is 5.32. The molecule has 1 atom stereocenters.